The summed E-state index contributed by atoms with van der Waals surface area (Å²) in [6.45, 7) is 6.54. The Balaban J connectivity index is 0.00000364. The lowest BCUT2D eigenvalue weighted by molar-refractivity contribution is 0.0531. The predicted octanol–water partition coefficient (Wildman–Crippen LogP) is 4.33. The van der Waals surface area contributed by atoms with E-state index in [-0.39, 0.29) is 36.0 Å². The van der Waals surface area contributed by atoms with E-state index in [1.165, 1.54) is 11.3 Å². The topological polar surface area (TPSA) is 75.6 Å². The zero-order valence-corrected chi connectivity index (χ0v) is 19.6. The zero-order valence-electron chi connectivity index (χ0n) is 15.7. The van der Waals surface area contributed by atoms with E-state index in [9.17, 15) is 4.79 Å². The number of nitrogens with zero attached hydrogens (tertiary/aromatic N) is 2. The van der Waals surface area contributed by atoms with Crippen molar-refractivity contribution in [1.29, 1.82) is 0 Å². The summed E-state index contributed by atoms with van der Waals surface area (Å²) < 4.78 is 5.07. The molecule has 0 amide bonds. The molecule has 1 unspecified atom stereocenters. The highest BCUT2D eigenvalue weighted by molar-refractivity contribution is 14.0. The molecule has 0 radical (unpaired) electrons. The van der Waals surface area contributed by atoms with Crippen LogP contribution in [0.5, 0.6) is 0 Å². The molecule has 2 N–H and O–H groups in total. The SMILES string of the molecule is CCOC(=O)c1sc(C(C)NC(=NC)NCc2ccc(Cl)cc2)nc1C.I. The Bertz CT molecular complexity index is 780. The number of aliphatic imine (C=N–C) groups is 1. The highest BCUT2D eigenvalue weighted by Crippen LogP contribution is 2.24. The monoisotopic (exact) mass is 522 g/mol. The van der Waals surface area contributed by atoms with Crippen LogP contribution >= 0.6 is 46.9 Å². The largest absolute Gasteiger partial charge is 0.462 e. The van der Waals surface area contributed by atoms with Gasteiger partial charge in [0.15, 0.2) is 5.96 Å². The molecule has 0 saturated heterocycles. The number of aromatic nitrogens is 1. The van der Waals surface area contributed by atoms with Gasteiger partial charge >= 0.3 is 5.97 Å². The molecule has 148 valence electrons. The van der Waals surface area contributed by atoms with Crippen LogP contribution in [0, 0.1) is 6.92 Å². The molecular weight excluding hydrogens is 499 g/mol. The third-order valence-corrected chi connectivity index (χ3v) is 5.17. The van der Waals surface area contributed by atoms with E-state index in [0.29, 0.717) is 34.7 Å². The van der Waals surface area contributed by atoms with Crippen molar-refractivity contribution in [3.63, 3.8) is 0 Å². The molecule has 0 saturated carbocycles. The van der Waals surface area contributed by atoms with Crippen molar-refractivity contribution < 1.29 is 9.53 Å². The predicted molar refractivity (Wildman–Crippen MR) is 121 cm³/mol. The average molecular weight is 523 g/mol. The van der Waals surface area contributed by atoms with Gasteiger partial charge in [0, 0.05) is 18.6 Å². The summed E-state index contributed by atoms with van der Waals surface area (Å²) in [6, 6.07) is 7.53. The number of hydrogen-bond donors (Lipinski definition) is 2. The molecule has 0 aliphatic carbocycles. The Morgan fingerprint density at radius 1 is 1.37 bits per heavy atom. The third kappa shape index (κ3) is 6.93. The molecular formula is C18H24ClIN4O2S. The molecule has 1 heterocycles. The Labute approximate surface area is 185 Å². The van der Waals surface area contributed by atoms with Crippen LogP contribution < -0.4 is 10.6 Å². The molecule has 1 aromatic carbocycles. The summed E-state index contributed by atoms with van der Waals surface area (Å²) in [5.41, 5.74) is 1.78. The molecule has 0 spiro atoms. The van der Waals surface area contributed by atoms with Crippen molar-refractivity contribution in [2.24, 2.45) is 4.99 Å². The van der Waals surface area contributed by atoms with Gasteiger partial charge < -0.3 is 15.4 Å². The van der Waals surface area contributed by atoms with Crippen LogP contribution in [-0.2, 0) is 11.3 Å². The first-order valence-corrected chi connectivity index (χ1v) is 9.50. The fourth-order valence-corrected chi connectivity index (χ4v) is 3.33. The highest BCUT2D eigenvalue weighted by atomic mass is 127. The van der Waals surface area contributed by atoms with E-state index in [4.69, 9.17) is 16.3 Å². The molecule has 27 heavy (non-hydrogen) atoms. The van der Waals surface area contributed by atoms with Crippen molar-refractivity contribution >= 4 is 58.8 Å². The standard InChI is InChI=1S/C18H23ClN4O2S.HI/c1-5-25-17(24)15-11(2)22-16(26-15)12(3)23-18(20-4)21-10-13-6-8-14(19)9-7-13;/h6-9,12H,5,10H2,1-4H3,(H2,20,21,23);1H. The van der Waals surface area contributed by atoms with Crippen molar-refractivity contribution in [2.75, 3.05) is 13.7 Å². The highest BCUT2D eigenvalue weighted by Gasteiger charge is 2.20. The molecule has 0 bridgehead atoms. The fraction of sp³-hybridized carbons (Fsp3) is 0.389. The van der Waals surface area contributed by atoms with E-state index in [1.54, 1.807) is 14.0 Å². The lowest BCUT2D eigenvalue weighted by Gasteiger charge is -2.16. The van der Waals surface area contributed by atoms with Gasteiger partial charge in [-0.05, 0) is 38.5 Å². The zero-order chi connectivity index (χ0) is 19.1. The number of thiazole rings is 1. The van der Waals surface area contributed by atoms with Crippen LogP contribution in [0.15, 0.2) is 29.3 Å². The fourth-order valence-electron chi connectivity index (χ4n) is 2.24. The van der Waals surface area contributed by atoms with E-state index in [2.05, 4.69) is 20.6 Å². The molecule has 2 aromatic rings. The summed E-state index contributed by atoms with van der Waals surface area (Å²) >= 11 is 7.24. The minimum atomic E-state index is -0.328. The number of guanidine groups is 1. The maximum Gasteiger partial charge on any atom is 0.350 e. The van der Waals surface area contributed by atoms with Crippen LogP contribution in [-0.4, -0.2) is 30.6 Å². The third-order valence-electron chi connectivity index (χ3n) is 3.59. The molecule has 2 rings (SSSR count). The number of esters is 1. The van der Waals surface area contributed by atoms with Crippen molar-refractivity contribution in [1.82, 2.24) is 15.6 Å². The molecule has 1 aromatic heterocycles. The van der Waals surface area contributed by atoms with Gasteiger partial charge in [0.2, 0.25) is 0 Å². The molecule has 9 heteroatoms. The summed E-state index contributed by atoms with van der Waals surface area (Å²) in [4.78, 5) is 21.2. The molecule has 6 nitrogen and oxygen atoms in total. The first-order chi connectivity index (χ1) is 12.4. The number of benzene rings is 1. The number of aryl methyl sites for hydroxylation is 1. The Morgan fingerprint density at radius 3 is 2.63 bits per heavy atom. The number of nitrogens with one attached hydrogen (secondary N) is 2. The number of carbonyl (C=O) groups excluding carboxylic acids is 1. The van der Waals surface area contributed by atoms with Crippen molar-refractivity contribution in [3.05, 3.63) is 50.4 Å². The number of rotatable bonds is 6. The van der Waals surface area contributed by atoms with Crippen molar-refractivity contribution in [3.8, 4) is 0 Å². The van der Waals surface area contributed by atoms with Gasteiger partial charge in [-0.1, -0.05) is 23.7 Å². The van der Waals surface area contributed by atoms with Gasteiger partial charge in [0.1, 0.15) is 9.88 Å². The number of ether oxygens (including phenoxy) is 1. The minimum absolute atomic E-state index is 0. The van der Waals surface area contributed by atoms with Crippen LogP contribution in [0.2, 0.25) is 5.02 Å². The average Bonchev–Trinajstić information content (AvgIpc) is 3.02. The molecule has 0 fully saturated rings. The smallest absolute Gasteiger partial charge is 0.350 e. The second-order valence-corrected chi connectivity index (χ2v) is 7.07. The molecule has 1 atom stereocenters. The summed E-state index contributed by atoms with van der Waals surface area (Å²) in [7, 11) is 1.71. The van der Waals surface area contributed by atoms with E-state index in [0.717, 1.165) is 10.6 Å². The quantitative estimate of drug-likeness (QED) is 0.256. The maximum atomic E-state index is 11.9. The molecule has 0 aliphatic rings. The lowest BCUT2D eigenvalue weighted by Crippen LogP contribution is -2.38. The normalized spacial score (nSPS) is 12.1. The Kier molecular flexibility index (Phi) is 10.0. The Hall–Kier alpha value is -1.39. The van der Waals surface area contributed by atoms with E-state index >= 15 is 0 Å². The van der Waals surface area contributed by atoms with Crippen LogP contribution in [0.3, 0.4) is 0 Å². The van der Waals surface area contributed by atoms with Crippen molar-refractivity contribution in [2.45, 2.75) is 33.4 Å². The second-order valence-electron chi connectivity index (χ2n) is 5.61. The van der Waals surface area contributed by atoms with Gasteiger partial charge in [0.25, 0.3) is 0 Å². The minimum Gasteiger partial charge on any atom is -0.462 e. The van der Waals surface area contributed by atoms with Gasteiger partial charge in [0.05, 0.1) is 18.3 Å². The van der Waals surface area contributed by atoms with Crippen LogP contribution in [0.4, 0.5) is 0 Å². The van der Waals surface area contributed by atoms with Crippen LogP contribution in [0.25, 0.3) is 0 Å². The van der Waals surface area contributed by atoms with Gasteiger partial charge in [-0.15, -0.1) is 35.3 Å². The first kappa shape index (κ1) is 23.6. The molecule has 0 aliphatic heterocycles. The van der Waals surface area contributed by atoms with E-state index < -0.39 is 0 Å². The van der Waals surface area contributed by atoms with Gasteiger partial charge in [-0.25, -0.2) is 9.78 Å². The van der Waals surface area contributed by atoms with Gasteiger partial charge in [-0.3, -0.25) is 4.99 Å². The Morgan fingerprint density at radius 2 is 2.04 bits per heavy atom. The van der Waals surface area contributed by atoms with Gasteiger partial charge in [-0.2, -0.15) is 0 Å². The number of carbonyl (C=O) groups is 1. The summed E-state index contributed by atoms with van der Waals surface area (Å²) in [5, 5.41) is 8.05. The number of hydrogen-bond acceptors (Lipinski definition) is 5. The summed E-state index contributed by atoms with van der Waals surface area (Å²) in [5.74, 6) is 0.323. The first-order valence-electron chi connectivity index (χ1n) is 8.30. The second kappa shape index (κ2) is 11.5. The summed E-state index contributed by atoms with van der Waals surface area (Å²) in [6.07, 6.45) is 0. The maximum absolute atomic E-state index is 11.9. The number of halogens is 2. The van der Waals surface area contributed by atoms with Crippen LogP contribution in [0.1, 0.15) is 45.8 Å². The lowest BCUT2D eigenvalue weighted by atomic mass is 10.2. The van der Waals surface area contributed by atoms with E-state index in [1.807, 2.05) is 38.1 Å².